The molecule has 4 aromatic rings. The van der Waals surface area contributed by atoms with E-state index in [9.17, 15) is 0 Å². The largest absolute Gasteiger partial charge is 0.261 e. The minimum Gasteiger partial charge on any atom is -0.261 e. The summed E-state index contributed by atoms with van der Waals surface area (Å²) in [5.41, 5.74) is 6.56. The highest BCUT2D eigenvalue weighted by molar-refractivity contribution is 6.29. The lowest BCUT2D eigenvalue weighted by molar-refractivity contribution is 0.893. The molecule has 0 saturated carbocycles. The third kappa shape index (κ3) is 3.25. The van der Waals surface area contributed by atoms with E-state index in [0.29, 0.717) is 16.6 Å². The Kier molecular flexibility index (Phi) is 4.28. The van der Waals surface area contributed by atoms with Crippen LogP contribution in [0.4, 0.5) is 5.82 Å². The molecule has 26 heavy (non-hydrogen) atoms. The number of nitrogens with zero attached hydrogens (tertiary/aromatic N) is 6. The van der Waals surface area contributed by atoms with E-state index in [2.05, 4.69) is 30.6 Å². The van der Waals surface area contributed by atoms with Crippen molar-refractivity contribution in [3.8, 4) is 5.69 Å². The van der Waals surface area contributed by atoms with Crippen LogP contribution >= 0.6 is 11.6 Å². The number of anilines is 1. The van der Waals surface area contributed by atoms with Crippen LogP contribution in [-0.4, -0.2) is 30.9 Å². The van der Waals surface area contributed by atoms with Crippen molar-refractivity contribution in [3.05, 3.63) is 71.4 Å². The highest BCUT2D eigenvalue weighted by Gasteiger charge is 2.10. The van der Waals surface area contributed by atoms with Crippen LogP contribution in [0.5, 0.6) is 0 Å². The predicted octanol–water partition coefficient (Wildman–Crippen LogP) is 3.62. The Morgan fingerprint density at radius 1 is 1.12 bits per heavy atom. The maximum Gasteiger partial charge on any atom is 0.168 e. The Morgan fingerprint density at radius 2 is 2.04 bits per heavy atom. The van der Waals surface area contributed by atoms with Crippen molar-refractivity contribution in [3.63, 3.8) is 0 Å². The molecule has 0 aliphatic heterocycles. The molecular formula is C18H14ClN7. The normalized spacial score (nSPS) is 11.3. The molecule has 3 heterocycles. The average Bonchev–Trinajstić information content (AvgIpc) is 3.08. The summed E-state index contributed by atoms with van der Waals surface area (Å²) in [4.78, 5) is 12.6. The zero-order valence-corrected chi connectivity index (χ0v) is 14.6. The maximum absolute atomic E-state index is 5.77. The quantitative estimate of drug-likeness (QED) is 0.340. The second-order valence-electron chi connectivity index (χ2n) is 5.64. The predicted molar refractivity (Wildman–Crippen MR) is 102 cm³/mol. The zero-order chi connectivity index (χ0) is 17.9. The van der Waals surface area contributed by atoms with Crippen LogP contribution in [0, 0.1) is 6.92 Å². The van der Waals surface area contributed by atoms with E-state index in [1.54, 1.807) is 29.4 Å². The van der Waals surface area contributed by atoms with Crippen LogP contribution in [0.15, 0.2) is 60.2 Å². The molecule has 0 amide bonds. The number of pyridine rings is 1. The second-order valence-corrected chi connectivity index (χ2v) is 6.03. The maximum atomic E-state index is 5.77. The summed E-state index contributed by atoms with van der Waals surface area (Å²) in [6.45, 7) is 2.04. The highest BCUT2D eigenvalue weighted by atomic mass is 35.5. The lowest BCUT2D eigenvalue weighted by Gasteiger charge is -2.04. The van der Waals surface area contributed by atoms with Crippen molar-refractivity contribution in [2.24, 2.45) is 5.10 Å². The molecule has 1 aromatic carbocycles. The first-order valence-electron chi connectivity index (χ1n) is 7.87. The van der Waals surface area contributed by atoms with Gasteiger partial charge in [0.25, 0.3) is 0 Å². The van der Waals surface area contributed by atoms with E-state index in [4.69, 9.17) is 11.6 Å². The van der Waals surface area contributed by atoms with E-state index in [-0.39, 0.29) is 0 Å². The molecule has 4 rings (SSSR count). The first-order chi connectivity index (χ1) is 12.7. The minimum absolute atomic E-state index is 0.441. The van der Waals surface area contributed by atoms with Gasteiger partial charge in [-0.05, 0) is 36.8 Å². The van der Waals surface area contributed by atoms with Gasteiger partial charge in [-0.3, -0.25) is 5.43 Å². The number of halogens is 1. The standard InChI is InChI=1S/C18H14ClN7/c1-12-3-2-4-14(7-12)26-18-15(10-24-26)17(21-11-22-18)25-23-9-13-5-6-16(19)20-8-13/h2-11H,1H3,(H,21,22,25)/b23-9+. The molecule has 0 aliphatic rings. The highest BCUT2D eigenvalue weighted by Crippen LogP contribution is 2.22. The Morgan fingerprint density at radius 3 is 2.85 bits per heavy atom. The van der Waals surface area contributed by atoms with Gasteiger partial charge >= 0.3 is 0 Å². The van der Waals surface area contributed by atoms with Gasteiger partial charge < -0.3 is 0 Å². The molecule has 8 heteroatoms. The van der Waals surface area contributed by atoms with Crippen LogP contribution < -0.4 is 5.43 Å². The average molecular weight is 364 g/mol. The fraction of sp³-hybridized carbons (Fsp3) is 0.0556. The third-order valence-corrected chi connectivity index (χ3v) is 3.97. The number of fused-ring (bicyclic) bond motifs is 1. The minimum atomic E-state index is 0.441. The van der Waals surface area contributed by atoms with Crippen LogP contribution in [0.3, 0.4) is 0 Å². The fourth-order valence-corrected chi connectivity index (χ4v) is 2.63. The van der Waals surface area contributed by atoms with Crippen molar-refractivity contribution in [2.75, 3.05) is 5.43 Å². The number of hydrogen-bond donors (Lipinski definition) is 1. The molecule has 0 unspecified atom stereocenters. The first-order valence-corrected chi connectivity index (χ1v) is 8.25. The smallest absolute Gasteiger partial charge is 0.168 e. The molecule has 128 valence electrons. The molecule has 0 atom stereocenters. The molecule has 0 spiro atoms. The lowest BCUT2D eigenvalue weighted by atomic mass is 10.2. The van der Waals surface area contributed by atoms with Crippen LogP contribution in [-0.2, 0) is 0 Å². The molecule has 0 saturated heterocycles. The van der Waals surface area contributed by atoms with E-state index < -0.39 is 0 Å². The summed E-state index contributed by atoms with van der Waals surface area (Å²) < 4.78 is 1.78. The number of hydrazone groups is 1. The van der Waals surface area contributed by atoms with Gasteiger partial charge in [0.2, 0.25) is 0 Å². The zero-order valence-electron chi connectivity index (χ0n) is 13.8. The summed E-state index contributed by atoms with van der Waals surface area (Å²) in [7, 11) is 0. The van der Waals surface area contributed by atoms with Gasteiger partial charge in [0, 0.05) is 11.8 Å². The fourth-order valence-electron chi connectivity index (χ4n) is 2.51. The van der Waals surface area contributed by atoms with Crippen molar-refractivity contribution < 1.29 is 0 Å². The summed E-state index contributed by atoms with van der Waals surface area (Å²) in [6.07, 6.45) is 6.48. The van der Waals surface area contributed by atoms with E-state index in [1.807, 2.05) is 37.3 Å². The molecule has 0 radical (unpaired) electrons. The van der Waals surface area contributed by atoms with Crippen molar-refractivity contribution in [2.45, 2.75) is 6.92 Å². The molecule has 0 bridgehead atoms. The SMILES string of the molecule is Cc1cccc(-n2ncc3c(N/N=C/c4ccc(Cl)nc4)ncnc32)c1. The third-order valence-electron chi connectivity index (χ3n) is 3.75. The van der Waals surface area contributed by atoms with Crippen molar-refractivity contribution in [1.82, 2.24) is 24.7 Å². The van der Waals surface area contributed by atoms with Gasteiger partial charge in [-0.25, -0.2) is 19.6 Å². The second kappa shape index (κ2) is 6.89. The number of nitrogens with one attached hydrogen (secondary N) is 1. The number of aromatic nitrogens is 5. The van der Waals surface area contributed by atoms with Gasteiger partial charge in [0.05, 0.1) is 23.5 Å². The molecule has 7 nitrogen and oxygen atoms in total. The first kappa shape index (κ1) is 16.2. The Balaban J connectivity index is 1.63. The van der Waals surface area contributed by atoms with Gasteiger partial charge in [0.15, 0.2) is 11.5 Å². The molecule has 0 aliphatic carbocycles. The summed E-state index contributed by atoms with van der Waals surface area (Å²) in [5, 5.41) is 9.86. The van der Waals surface area contributed by atoms with Crippen LogP contribution in [0.2, 0.25) is 5.15 Å². The molecular weight excluding hydrogens is 350 g/mol. The Hall–Kier alpha value is -3.32. The number of benzene rings is 1. The number of rotatable bonds is 4. The Bertz CT molecular complexity index is 1090. The van der Waals surface area contributed by atoms with E-state index in [1.165, 1.54) is 6.33 Å². The summed E-state index contributed by atoms with van der Waals surface area (Å²) in [5.74, 6) is 0.576. The van der Waals surface area contributed by atoms with E-state index >= 15 is 0 Å². The van der Waals surface area contributed by atoms with Gasteiger partial charge in [-0.1, -0.05) is 23.7 Å². The number of hydrogen-bond acceptors (Lipinski definition) is 6. The van der Waals surface area contributed by atoms with Crippen molar-refractivity contribution >= 4 is 34.7 Å². The van der Waals surface area contributed by atoms with Gasteiger partial charge in [0.1, 0.15) is 11.5 Å². The summed E-state index contributed by atoms with van der Waals surface area (Å²) >= 11 is 5.77. The van der Waals surface area contributed by atoms with Gasteiger partial charge in [-0.2, -0.15) is 10.2 Å². The van der Waals surface area contributed by atoms with Crippen LogP contribution in [0.25, 0.3) is 16.7 Å². The van der Waals surface area contributed by atoms with Crippen LogP contribution in [0.1, 0.15) is 11.1 Å². The lowest BCUT2D eigenvalue weighted by Crippen LogP contribution is -1.99. The monoisotopic (exact) mass is 363 g/mol. The molecule has 0 fully saturated rings. The topological polar surface area (TPSA) is 80.9 Å². The number of aryl methyl sites for hydroxylation is 1. The van der Waals surface area contributed by atoms with Crippen molar-refractivity contribution in [1.29, 1.82) is 0 Å². The summed E-state index contributed by atoms with van der Waals surface area (Å²) in [6, 6.07) is 11.6. The molecule has 3 aromatic heterocycles. The Labute approximate surface area is 154 Å². The van der Waals surface area contributed by atoms with E-state index in [0.717, 1.165) is 22.2 Å². The molecule has 1 N–H and O–H groups in total. The van der Waals surface area contributed by atoms with Gasteiger partial charge in [-0.15, -0.1) is 0 Å².